The first-order chi connectivity index (χ1) is 11.5. The van der Waals surface area contributed by atoms with Crippen LogP contribution in [0.4, 0.5) is 4.39 Å². The van der Waals surface area contributed by atoms with Crippen LogP contribution in [0.3, 0.4) is 0 Å². The molecule has 24 heavy (non-hydrogen) atoms. The number of hydrogen-bond donors (Lipinski definition) is 2. The summed E-state index contributed by atoms with van der Waals surface area (Å²) in [6, 6.07) is 6.83. The number of benzene rings is 1. The third-order valence-corrected chi connectivity index (χ3v) is 3.85. The van der Waals surface area contributed by atoms with Crippen molar-refractivity contribution in [3.05, 3.63) is 41.8 Å². The minimum atomic E-state index is -0.986. The summed E-state index contributed by atoms with van der Waals surface area (Å²) in [6.45, 7) is 0.874. The summed E-state index contributed by atoms with van der Waals surface area (Å²) < 4.78 is 18.2. The zero-order valence-electron chi connectivity index (χ0n) is 12.7. The first kappa shape index (κ1) is 16.1. The Morgan fingerprint density at radius 3 is 2.83 bits per heavy atom. The summed E-state index contributed by atoms with van der Waals surface area (Å²) in [5, 5.41) is 15.7. The molecule has 2 N–H and O–H groups in total. The normalized spacial score (nSPS) is 17.7. The molecule has 1 amide bonds. The zero-order chi connectivity index (χ0) is 17.1. The SMILES string of the molecule is O=C(O)C[C@@H]1COCCN1C(=O)c1cc(-c2ccc(F)cc2)n[nH]1. The lowest BCUT2D eigenvalue weighted by Crippen LogP contribution is -2.49. The van der Waals surface area contributed by atoms with E-state index in [1.807, 2.05) is 0 Å². The molecule has 1 aliphatic rings. The lowest BCUT2D eigenvalue weighted by Gasteiger charge is -2.34. The van der Waals surface area contributed by atoms with Crippen LogP contribution in [0.2, 0.25) is 0 Å². The number of hydrogen-bond acceptors (Lipinski definition) is 4. The van der Waals surface area contributed by atoms with Gasteiger partial charge in [-0.1, -0.05) is 0 Å². The predicted octanol–water partition coefficient (Wildman–Crippen LogP) is 1.53. The van der Waals surface area contributed by atoms with Gasteiger partial charge in [-0.05, 0) is 30.3 Å². The largest absolute Gasteiger partial charge is 0.481 e. The van der Waals surface area contributed by atoms with E-state index in [2.05, 4.69) is 10.2 Å². The molecule has 1 aromatic heterocycles. The van der Waals surface area contributed by atoms with Crippen LogP contribution in [0.15, 0.2) is 30.3 Å². The van der Waals surface area contributed by atoms with Gasteiger partial charge in [0.1, 0.15) is 11.5 Å². The Bertz CT molecular complexity index is 744. The first-order valence-electron chi connectivity index (χ1n) is 7.46. The lowest BCUT2D eigenvalue weighted by molar-refractivity contribution is -0.139. The van der Waals surface area contributed by atoms with E-state index in [9.17, 15) is 14.0 Å². The minimum Gasteiger partial charge on any atom is -0.481 e. The monoisotopic (exact) mass is 333 g/mol. The summed E-state index contributed by atoms with van der Waals surface area (Å²) in [5.41, 5.74) is 1.45. The van der Waals surface area contributed by atoms with Gasteiger partial charge in [0.2, 0.25) is 0 Å². The van der Waals surface area contributed by atoms with Gasteiger partial charge in [0, 0.05) is 12.1 Å². The van der Waals surface area contributed by atoms with Crippen molar-refractivity contribution in [3.63, 3.8) is 0 Å². The van der Waals surface area contributed by atoms with Crippen molar-refractivity contribution < 1.29 is 23.8 Å². The Morgan fingerprint density at radius 2 is 2.12 bits per heavy atom. The van der Waals surface area contributed by atoms with Crippen LogP contribution in [-0.2, 0) is 9.53 Å². The summed E-state index contributed by atoms with van der Waals surface area (Å²) in [6.07, 6.45) is -0.176. The van der Waals surface area contributed by atoms with Crippen LogP contribution >= 0.6 is 0 Å². The van der Waals surface area contributed by atoms with Crippen molar-refractivity contribution >= 4 is 11.9 Å². The van der Waals surface area contributed by atoms with E-state index in [-0.39, 0.29) is 30.4 Å². The second-order valence-electron chi connectivity index (χ2n) is 5.50. The molecule has 2 heterocycles. The average Bonchev–Trinajstić information content (AvgIpc) is 3.05. The fraction of sp³-hybridized carbons (Fsp3) is 0.312. The van der Waals surface area contributed by atoms with Crippen molar-refractivity contribution in [2.75, 3.05) is 19.8 Å². The van der Waals surface area contributed by atoms with Crippen molar-refractivity contribution in [2.24, 2.45) is 0 Å². The molecule has 0 bridgehead atoms. The van der Waals surface area contributed by atoms with Gasteiger partial charge in [0.15, 0.2) is 0 Å². The number of morpholine rings is 1. The van der Waals surface area contributed by atoms with E-state index in [0.717, 1.165) is 0 Å². The van der Waals surface area contributed by atoms with Gasteiger partial charge < -0.3 is 14.7 Å². The molecule has 7 nitrogen and oxygen atoms in total. The number of nitrogens with zero attached hydrogens (tertiary/aromatic N) is 2. The molecule has 1 atom stereocenters. The van der Waals surface area contributed by atoms with E-state index >= 15 is 0 Å². The molecule has 2 aromatic rings. The minimum absolute atomic E-state index is 0.176. The fourth-order valence-electron chi connectivity index (χ4n) is 2.65. The number of carboxylic acid groups (broad SMARTS) is 1. The second kappa shape index (κ2) is 6.79. The van der Waals surface area contributed by atoms with Gasteiger partial charge in [0.25, 0.3) is 5.91 Å². The molecule has 8 heteroatoms. The summed E-state index contributed by atoms with van der Waals surface area (Å²) in [7, 11) is 0. The maximum absolute atomic E-state index is 13.0. The molecular weight excluding hydrogens is 317 g/mol. The maximum atomic E-state index is 13.0. The Kier molecular flexibility index (Phi) is 4.57. The molecule has 0 aliphatic carbocycles. The highest BCUT2D eigenvalue weighted by atomic mass is 19.1. The molecular formula is C16H16FN3O4. The number of H-pyrrole nitrogens is 1. The van der Waals surface area contributed by atoms with Crippen LogP contribution in [-0.4, -0.2) is 57.9 Å². The van der Waals surface area contributed by atoms with Gasteiger partial charge in [-0.2, -0.15) is 5.10 Å². The molecule has 1 aromatic carbocycles. The van der Waals surface area contributed by atoms with Crippen LogP contribution in [0.1, 0.15) is 16.9 Å². The van der Waals surface area contributed by atoms with Gasteiger partial charge >= 0.3 is 5.97 Å². The third-order valence-electron chi connectivity index (χ3n) is 3.85. The van der Waals surface area contributed by atoms with Gasteiger partial charge in [0.05, 0.1) is 31.4 Å². The van der Waals surface area contributed by atoms with Crippen molar-refractivity contribution in [1.29, 1.82) is 0 Å². The Hall–Kier alpha value is -2.74. The summed E-state index contributed by atoms with van der Waals surface area (Å²) >= 11 is 0. The van der Waals surface area contributed by atoms with Crippen LogP contribution in [0.5, 0.6) is 0 Å². The predicted molar refractivity (Wildman–Crippen MR) is 81.9 cm³/mol. The molecule has 0 radical (unpaired) electrons. The number of aromatic amines is 1. The number of halogens is 1. The van der Waals surface area contributed by atoms with E-state index in [0.29, 0.717) is 24.4 Å². The van der Waals surface area contributed by atoms with Gasteiger partial charge in [-0.15, -0.1) is 0 Å². The third kappa shape index (κ3) is 3.43. The highest BCUT2D eigenvalue weighted by Crippen LogP contribution is 2.20. The molecule has 0 unspecified atom stereocenters. The molecule has 1 fully saturated rings. The molecule has 1 saturated heterocycles. The number of carbonyl (C=O) groups is 2. The topological polar surface area (TPSA) is 95.5 Å². The van der Waals surface area contributed by atoms with Crippen molar-refractivity contribution in [1.82, 2.24) is 15.1 Å². The Morgan fingerprint density at radius 1 is 1.38 bits per heavy atom. The molecule has 0 saturated carbocycles. The first-order valence-corrected chi connectivity index (χ1v) is 7.46. The highest BCUT2D eigenvalue weighted by Gasteiger charge is 2.30. The smallest absolute Gasteiger partial charge is 0.305 e. The van der Waals surface area contributed by atoms with Crippen LogP contribution < -0.4 is 0 Å². The lowest BCUT2D eigenvalue weighted by atomic mass is 10.1. The van der Waals surface area contributed by atoms with Gasteiger partial charge in [-0.3, -0.25) is 14.7 Å². The van der Waals surface area contributed by atoms with E-state index < -0.39 is 12.0 Å². The molecule has 3 rings (SSSR count). The second-order valence-corrected chi connectivity index (χ2v) is 5.50. The number of amides is 1. The number of aromatic nitrogens is 2. The standard InChI is InChI=1S/C16H16FN3O4/c17-11-3-1-10(2-4-11)13-8-14(19-18-13)16(23)20-5-6-24-9-12(20)7-15(21)22/h1-4,8,12H,5-7,9H2,(H,18,19)(H,21,22)/t12-/m1/s1. The highest BCUT2D eigenvalue weighted by molar-refractivity contribution is 5.94. The summed E-state index contributed by atoms with van der Waals surface area (Å²) in [4.78, 5) is 25.1. The Labute approximate surface area is 137 Å². The zero-order valence-corrected chi connectivity index (χ0v) is 12.7. The fourth-order valence-corrected chi connectivity index (χ4v) is 2.65. The quantitative estimate of drug-likeness (QED) is 0.885. The van der Waals surface area contributed by atoms with E-state index in [4.69, 9.17) is 9.84 Å². The summed E-state index contributed by atoms with van der Waals surface area (Å²) in [5.74, 6) is -1.67. The number of carbonyl (C=O) groups excluding carboxylic acids is 1. The number of ether oxygens (including phenoxy) is 1. The Balaban J connectivity index is 1.79. The average molecular weight is 333 g/mol. The number of nitrogens with one attached hydrogen (secondary N) is 1. The molecule has 0 spiro atoms. The number of carboxylic acids is 1. The van der Waals surface area contributed by atoms with Crippen molar-refractivity contribution in [3.8, 4) is 11.3 Å². The van der Waals surface area contributed by atoms with E-state index in [1.54, 1.807) is 18.2 Å². The van der Waals surface area contributed by atoms with Crippen LogP contribution in [0.25, 0.3) is 11.3 Å². The van der Waals surface area contributed by atoms with Crippen molar-refractivity contribution in [2.45, 2.75) is 12.5 Å². The molecule has 126 valence electrons. The number of aliphatic carboxylic acids is 1. The van der Waals surface area contributed by atoms with E-state index in [1.165, 1.54) is 17.0 Å². The van der Waals surface area contributed by atoms with Gasteiger partial charge in [-0.25, -0.2) is 4.39 Å². The number of rotatable bonds is 4. The maximum Gasteiger partial charge on any atom is 0.305 e. The van der Waals surface area contributed by atoms with Crippen LogP contribution in [0, 0.1) is 5.82 Å². The molecule has 1 aliphatic heterocycles.